The predicted octanol–water partition coefficient (Wildman–Crippen LogP) is 2.20. The van der Waals surface area contributed by atoms with Crippen LogP contribution in [-0.4, -0.2) is 35.2 Å². The van der Waals surface area contributed by atoms with Crippen LogP contribution in [0.5, 0.6) is 0 Å². The molecule has 0 fully saturated rings. The number of nitriles is 1. The number of carboxylic acid groups (broad SMARTS) is 1. The number of nitrogens with zero attached hydrogens (tertiary/aromatic N) is 1. The lowest BCUT2D eigenvalue weighted by atomic mass is 10.0. The largest absolute Gasteiger partial charge is 0.480 e. The van der Waals surface area contributed by atoms with Gasteiger partial charge >= 0.3 is 12.1 Å². The van der Waals surface area contributed by atoms with E-state index in [0.29, 0.717) is 6.42 Å². The molecule has 1 rings (SSSR count). The average molecular weight is 375 g/mol. The van der Waals surface area contributed by atoms with E-state index < -0.39 is 30.1 Å². The second kappa shape index (κ2) is 11.5. The minimum Gasteiger partial charge on any atom is -0.480 e. The van der Waals surface area contributed by atoms with Crippen molar-refractivity contribution in [2.45, 2.75) is 51.8 Å². The number of benzene rings is 1. The molecule has 0 heterocycles. The predicted molar refractivity (Wildman–Crippen MR) is 97.4 cm³/mol. The topological polar surface area (TPSA) is 129 Å². The zero-order valence-corrected chi connectivity index (χ0v) is 15.5. The third kappa shape index (κ3) is 8.72. The molecular formula is C19H25N3O5. The summed E-state index contributed by atoms with van der Waals surface area (Å²) in [6.45, 7) is 3.81. The summed E-state index contributed by atoms with van der Waals surface area (Å²) >= 11 is 0. The summed E-state index contributed by atoms with van der Waals surface area (Å²) in [5, 5.41) is 22.6. The first kappa shape index (κ1) is 22.0. The molecule has 27 heavy (non-hydrogen) atoms. The van der Waals surface area contributed by atoms with E-state index in [1.165, 1.54) is 0 Å². The number of hydrogen-bond donors (Lipinski definition) is 3. The first-order valence-corrected chi connectivity index (χ1v) is 8.70. The third-order valence-electron chi connectivity index (χ3n) is 3.69. The van der Waals surface area contributed by atoms with Crippen molar-refractivity contribution in [2.24, 2.45) is 5.92 Å². The van der Waals surface area contributed by atoms with E-state index in [1.807, 2.05) is 38.1 Å². The maximum Gasteiger partial charge on any atom is 0.408 e. The Labute approximate surface area is 158 Å². The van der Waals surface area contributed by atoms with Crippen molar-refractivity contribution < 1.29 is 24.2 Å². The van der Waals surface area contributed by atoms with E-state index in [1.54, 1.807) is 12.1 Å². The Bertz CT molecular complexity index is 670. The number of carboxylic acids is 1. The SMILES string of the molecule is CC(C)C[C@H](NC(=O)OCc1ccccc1)C(=O)N[C@@H](CCC#N)C(=O)O. The number of amides is 2. The van der Waals surface area contributed by atoms with Gasteiger partial charge in [-0.15, -0.1) is 0 Å². The zero-order valence-electron chi connectivity index (χ0n) is 15.5. The summed E-state index contributed by atoms with van der Waals surface area (Å²) in [6.07, 6.45) is -0.455. The molecule has 3 N–H and O–H groups in total. The molecule has 0 aliphatic carbocycles. The van der Waals surface area contributed by atoms with Gasteiger partial charge in [-0.05, 0) is 24.3 Å². The number of carbonyl (C=O) groups excluding carboxylic acids is 2. The quantitative estimate of drug-likeness (QED) is 0.575. The Morgan fingerprint density at radius 2 is 1.81 bits per heavy atom. The van der Waals surface area contributed by atoms with Gasteiger partial charge in [-0.1, -0.05) is 44.2 Å². The first-order chi connectivity index (χ1) is 12.8. The van der Waals surface area contributed by atoms with Gasteiger partial charge in [0.1, 0.15) is 18.7 Å². The Kier molecular flexibility index (Phi) is 9.37. The number of nitrogens with one attached hydrogen (secondary N) is 2. The van der Waals surface area contributed by atoms with Crippen molar-refractivity contribution in [3.05, 3.63) is 35.9 Å². The molecule has 1 aromatic carbocycles. The van der Waals surface area contributed by atoms with Crippen LogP contribution in [0.25, 0.3) is 0 Å². The lowest BCUT2D eigenvalue weighted by Gasteiger charge is -2.22. The average Bonchev–Trinajstić information content (AvgIpc) is 2.63. The number of rotatable bonds is 10. The van der Waals surface area contributed by atoms with Gasteiger partial charge in [0.25, 0.3) is 0 Å². The van der Waals surface area contributed by atoms with Gasteiger partial charge in [0, 0.05) is 6.42 Å². The van der Waals surface area contributed by atoms with Crippen LogP contribution in [0.15, 0.2) is 30.3 Å². The van der Waals surface area contributed by atoms with E-state index in [-0.39, 0.29) is 25.4 Å². The smallest absolute Gasteiger partial charge is 0.408 e. The van der Waals surface area contributed by atoms with Gasteiger partial charge in [0.15, 0.2) is 0 Å². The Balaban J connectivity index is 2.67. The fraction of sp³-hybridized carbons (Fsp3) is 0.474. The maximum atomic E-state index is 12.4. The highest BCUT2D eigenvalue weighted by Crippen LogP contribution is 2.08. The van der Waals surface area contributed by atoms with Crippen molar-refractivity contribution in [3.63, 3.8) is 0 Å². The molecular weight excluding hydrogens is 350 g/mol. The highest BCUT2D eigenvalue weighted by molar-refractivity contribution is 5.89. The molecule has 8 heteroatoms. The minimum atomic E-state index is -1.23. The molecule has 1 aromatic rings. The summed E-state index contributed by atoms with van der Waals surface area (Å²) in [7, 11) is 0. The molecule has 146 valence electrons. The van der Waals surface area contributed by atoms with E-state index in [4.69, 9.17) is 15.1 Å². The molecule has 0 saturated carbocycles. The van der Waals surface area contributed by atoms with Crippen molar-refractivity contribution in [1.29, 1.82) is 5.26 Å². The van der Waals surface area contributed by atoms with E-state index in [0.717, 1.165) is 5.56 Å². The van der Waals surface area contributed by atoms with Gasteiger partial charge < -0.3 is 20.5 Å². The van der Waals surface area contributed by atoms with E-state index in [9.17, 15) is 14.4 Å². The van der Waals surface area contributed by atoms with Crippen LogP contribution in [0, 0.1) is 17.2 Å². The molecule has 0 aromatic heterocycles. The Morgan fingerprint density at radius 3 is 2.37 bits per heavy atom. The molecule has 0 bridgehead atoms. The summed E-state index contributed by atoms with van der Waals surface area (Å²) < 4.78 is 5.12. The van der Waals surface area contributed by atoms with Gasteiger partial charge in [0.05, 0.1) is 6.07 Å². The highest BCUT2D eigenvalue weighted by Gasteiger charge is 2.27. The van der Waals surface area contributed by atoms with E-state index >= 15 is 0 Å². The molecule has 0 unspecified atom stereocenters. The number of hydrogen-bond acceptors (Lipinski definition) is 5. The van der Waals surface area contributed by atoms with Crippen LogP contribution in [0.1, 0.15) is 38.7 Å². The van der Waals surface area contributed by atoms with Crippen LogP contribution >= 0.6 is 0 Å². The normalized spacial score (nSPS) is 12.5. The number of carbonyl (C=O) groups is 3. The molecule has 2 amide bonds. The molecule has 0 radical (unpaired) electrons. The van der Waals surface area contributed by atoms with Gasteiger partial charge in [-0.2, -0.15) is 5.26 Å². The molecule has 2 atom stereocenters. The molecule has 0 aliphatic heterocycles. The van der Waals surface area contributed by atoms with Crippen molar-refractivity contribution in [2.75, 3.05) is 0 Å². The summed E-state index contributed by atoms with van der Waals surface area (Å²) in [5.41, 5.74) is 0.806. The van der Waals surface area contributed by atoms with Crippen molar-refractivity contribution in [3.8, 4) is 6.07 Å². The summed E-state index contributed by atoms with van der Waals surface area (Å²) in [4.78, 5) is 35.7. The molecule has 0 spiro atoms. The van der Waals surface area contributed by atoms with Crippen LogP contribution in [0.2, 0.25) is 0 Å². The van der Waals surface area contributed by atoms with E-state index in [2.05, 4.69) is 10.6 Å². The Morgan fingerprint density at radius 1 is 1.15 bits per heavy atom. The first-order valence-electron chi connectivity index (χ1n) is 8.70. The zero-order chi connectivity index (χ0) is 20.2. The van der Waals surface area contributed by atoms with Gasteiger partial charge in [-0.3, -0.25) is 4.79 Å². The molecule has 8 nitrogen and oxygen atoms in total. The summed E-state index contributed by atoms with van der Waals surface area (Å²) in [6, 6.07) is 8.82. The van der Waals surface area contributed by atoms with Crippen LogP contribution in [-0.2, 0) is 20.9 Å². The summed E-state index contributed by atoms with van der Waals surface area (Å²) in [5.74, 6) is -1.77. The van der Waals surface area contributed by atoms with Gasteiger partial charge in [0.2, 0.25) is 5.91 Å². The second-order valence-corrected chi connectivity index (χ2v) is 6.48. The minimum absolute atomic E-state index is 0.00135. The number of ether oxygens (including phenoxy) is 1. The highest BCUT2D eigenvalue weighted by atomic mass is 16.5. The maximum absolute atomic E-state index is 12.4. The van der Waals surface area contributed by atoms with Crippen molar-refractivity contribution in [1.82, 2.24) is 10.6 Å². The van der Waals surface area contributed by atoms with Crippen LogP contribution in [0.4, 0.5) is 4.79 Å². The fourth-order valence-electron chi connectivity index (χ4n) is 2.35. The fourth-order valence-corrected chi connectivity index (χ4v) is 2.35. The third-order valence-corrected chi connectivity index (χ3v) is 3.69. The number of aliphatic carboxylic acids is 1. The standard InChI is InChI=1S/C19H25N3O5/c1-13(2)11-16(17(23)21-15(18(24)25)9-6-10-20)22-19(26)27-12-14-7-4-3-5-8-14/h3-5,7-8,13,15-16H,6,9,11-12H2,1-2H3,(H,21,23)(H,22,26)(H,24,25)/t15-,16-/m0/s1. The van der Waals surface area contributed by atoms with Gasteiger partial charge in [-0.25, -0.2) is 9.59 Å². The van der Waals surface area contributed by atoms with Crippen LogP contribution < -0.4 is 10.6 Å². The van der Waals surface area contributed by atoms with Crippen molar-refractivity contribution >= 4 is 18.0 Å². The molecule has 0 aliphatic rings. The molecule has 0 saturated heterocycles. The number of alkyl carbamates (subject to hydrolysis) is 1. The Hall–Kier alpha value is -3.08. The second-order valence-electron chi connectivity index (χ2n) is 6.48. The monoisotopic (exact) mass is 375 g/mol. The lowest BCUT2D eigenvalue weighted by Crippen LogP contribution is -2.52. The lowest BCUT2D eigenvalue weighted by molar-refractivity contribution is -0.142. The van der Waals surface area contributed by atoms with Crippen LogP contribution in [0.3, 0.4) is 0 Å².